The Bertz CT molecular complexity index is 677. The summed E-state index contributed by atoms with van der Waals surface area (Å²) in [5.74, 6) is -2.40. The van der Waals surface area contributed by atoms with E-state index < -0.39 is 29.3 Å². The highest BCUT2D eigenvalue weighted by atomic mass is 19.4. The van der Waals surface area contributed by atoms with Crippen LogP contribution in [0.15, 0.2) is 34.5 Å². The monoisotopic (exact) mass is 329 g/mol. The van der Waals surface area contributed by atoms with Gasteiger partial charge in [0.15, 0.2) is 5.78 Å². The number of aliphatic imine (C=N–C) groups is 1. The van der Waals surface area contributed by atoms with Crippen molar-refractivity contribution in [3.05, 3.63) is 46.5 Å². The molecule has 1 aliphatic carbocycles. The second-order valence-electron chi connectivity index (χ2n) is 5.25. The molecule has 0 saturated carbocycles. The molecule has 0 spiro atoms. The van der Waals surface area contributed by atoms with Crippen molar-refractivity contribution in [3.63, 3.8) is 0 Å². The minimum Gasteiger partial charge on any atom is -0.511 e. The van der Waals surface area contributed by atoms with Gasteiger partial charge in [0.1, 0.15) is 11.6 Å². The maximum Gasteiger partial charge on any atom is 0.416 e. The molecule has 3 nitrogen and oxygen atoms in total. The molecular formula is C16H15F4NO2. The number of halogens is 4. The minimum atomic E-state index is -4.60. The third kappa shape index (κ3) is 3.78. The zero-order valence-electron chi connectivity index (χ0n) is 12.3. The van der Waals surface area contributed by atoms with Crippen LogP contribution in [0.3, 0.4) is 0 Å². The Hall–Kier alpha value is -2.18. The highest BCUT2D eigenvalue weighted by Crippen LogP contribution is 2.37. The summed E-state index contributed by atoms with van der Waals surface area (Å²) < 4.78 is 52.2. The Labute approximate surface area is 130 Å². The van der Waals surface area contributed by atoms with Crippen LogP contribution < -0.4 is 0 Å². The fourth-order valence-corrected chi connectivity index (χ4v) is 2.49. The fraction of sp³-hybridized carbons (Fsp3) is 0.375. The number of carbonyl (C=O) groups excluding carboxylic acids is 1. The molecule has 0 amide bonds. The van der Waals surface area contributed by atoms with Crippen molar-refractivity contribution in [2.24, 2.45) is 4.99 Å². The van der Waals surface area contributed by atoms with Crippen LogP contribution in [0.1, 0.15) is 36.8 Å². The van der Waals surface area contributed by atoms with Gasteiger partial charge in [-0.2, -0.15) is 13.2 Å². The van der Waals surface area contributed by atoms with Crippen LogP contribution in [0.2, 0.25) is 0 Å². The summed E-state index contributed by atoms with van der Waals surface area (Å²) in [6.45, 7) is 2.18. The van der Waals surface area contributed by atoms with Crippen molar-refractivity contribution in [2.45, 2.75) is 31.9 Å². The van der Waals surface area contributed by atoms with E-state index in [-0.39, 0.29) is 29.7 Å². The Morgan fingerprint density at radius 1 is 1.35 bits per heavy atom. The number of aliphatic hydroxyl groups is 1. The molecule has 0 aromatic heterocycles. The summed E-state index contributed by atoms with van der Waals surface area (Å²) in [6.07, 6.45) is -3.63. The van der Waals surface area contributed by atoms with Crippen LogP contribution in [-0.2, 0) is 11.0 Å². The van der Waals surface area contributed by atoms with E-state index in [0.717, 1.165) is 6.07 Å². The molecule has 0 fully saturated rings. The average Bonchev–Trinajstić information content (AvgIpc) is 2.45. The highest BCUT2D eigenvalue weighted by molar-refractivity contribution is 6.14. The van der Waals surface area contributed by atoms with E-state index >= 15 is 0 Å². The predicted molar refractivity (Wildman–Crippen MR) is 77.1 cm³/mol. The van der Waals surface area contributed by atoms with Gasteiger partial charge in [0.25, 0.3) is 0 Å². The normalized spacial score (nSPS) is 19.7. The second-order valence-corrected chi connectivity index (χ2v) is 5.25. The number of aliphatic hydroxyl groups excluding tert-OH is 1. The van der Waals surface area contributed by atoms with Crippen molar-refractivity contribution in [1.29, 1.82) is 0 Å². The summed E-state index contributed by atoms with van der Waals surface area (Å²) in [6, 6.07) is 2.08. The number of nitrogens with zero attached hydrogens (tertiary/aromatic N) is 1. The Kier molecular flexibility index (Phi) is 4.87. The first-order chi connectivity index (χ1) is 10.7. The molecule has 0 radical (unpaired) electrons. The van der Waals surface area contributed by atoms with E-state index in [2.05, 4.69) is 4.99 Å². The number of rotatable bonds is 3. The molecule has 1 aliphatic rings. The number of ketones is 1. The van der Waals surface area contributed by atoms with Crippen molar-refractivity contribution < 1.29 is 27.5 Å². The van der Waals surface area contributed by atoms with Crippen molar-refractivity contribution >= 4 is 12.0 Å². The van der Waals surface area contributed by atoms with E-state index in [4.69, 9.17) is 0 Å². The summed E-state index contributed by atoms with van der Waals surface area (Å²) in [5.41, 5.74) is -1.16. The van der Waals surface area contributed by atoms with Crippen molar-refractivity contribution in [3.8, 4) is 0 Å². The Morgan fingerprint density at radius 3 is 2.61 bits per heavy atom. The number of carbonyl (C=O) groups is 1. The van der Waals surface area contributed by atoms with Gasteiger partial charge in [-0.3, -0.25) is 9.79 Å². The number of Topliss-reactive ketones (excluding diaryl/α,β-unsaturated/α-hetero) is 1. The van der Waals surface area contributed by atoms with Gasteiger partial charge in [0, 0.05) is 31.5 Å². The third-order valence-corrected chi connectivity index (χ3v) is 3.65. The Morgan fingerprint density at radius 2 is 2.04 bits per heavy atom. The zero-order chi connectivity index (χ0) is 17.2. The van der Waals surface area contributed by atoms with Gasteiger partial charge in [0.2, 0.25) is 0 Å². The molecule has 0 saturated heterocycles. The fourth-order valence-electron chi connectivity index (χ4n) is 2.49. The summed E-state index contributed by atoms with van der Waals surface area (Å²) in [5, 5.41) is 9.94. The van der Waals surface area contributed by atoms with Crippen LogP contribution in [0.4, 0.5) is 17.6 Å². The lowest BCUT2D eigenvalue weighted by molar-refractivity contribution is -0.137. The summed E-state index contributed by atoms with van der Waals surface area (Å²) in [4.78, 5) is 15.9. The van der Waals surface area contributed by atoms with Gasteiger partial charge >= 0.3 is 6.18 Å². The van der Waals surface area contributed by atoms with Crippen LogP contribution in [-0.4, -0.2) is 23.6 Å². The molecule has 23 heavy (non-hydrogen) atoms. The topological polar surface area (TPSA) is 49.7 Å². The largest absolute Gasteiger partial charge is 0.511 e. The lowest BCUT2D eigenvalue weighted by atomic mass is 9.82. The molecule has 1 N–H and O–H groups in total. The maximum absolute atomic E-state index is 13.9. The number of hydrogen-bond donors (Lipinski definition) is 1. The highest BCUT2D eigenvalue weighted by Gasteiger charge is 2.34. The molecule has 1 atom stereocenters. The molecular weight excluding hydrogens is 314 g/mol. The first-order valence-electron chi connectivity index (χ1n) is 7.05. The number of hydrogen-bond acceptors (Lipinski definition) is 3. The third-order valence-electron chi connectivity index (χ3n) is 3.65. The molecule has 1 aromatic rings. The standard InChI is InChI=1S/C16H15F4NO2/c1-2-21-8-12-14(22)5-9(6-15(12)23)11-7-10(16(18,19)20)3-4-13(11)17/h3-4,7-9,22H,2,5-6H2,1H3. The molecule has 124 valence electrons. The van der Waals surface area contributed by atoms with Crippen LogP contribution in [0.25, 0.3) is 0 Å². The molecule has 0 bridgehead atoms. The SMILES string of the molecule is CCN=CC1=C(O)CC(c2cc(C(F)(F)F)ccc2F)CC1=O. The smallest absolute Gasteiger partial charge is 0.416 e. The number of benzene rings is 1. The van der Waals surface area contributed by atoms with E-state index in [0.29, 0.717) is 18.7 Å². The molecule has 7 heteroatoms. The lowest BCUT2D eigenvalue weighted by Crippen LogP contribution is -2.20. The summed E-state index contributed by atoms with van der Waals surface area (Å²) in [7, 11) is 0. The van der Waals surface area contributed by atoms with Gasteiger partial charge in [0.05, 0.1) is 11.1 Å². The molecule has 0 heterocycles. The van der Waals surface area contributed by atoms with Crippen LogP contribution in [0, 0.1) is 5.82 Å². The van der Waals surface area contributed by atoms with E-state index in [1.165, 1.54) is 6.21 Å². The van der Waals surface area contributed by atoms with Gasteiger partial charge in [-0.25, -0.2) is 4.39 Å². The van der Waals surface area contributed by atoms with Gasteiger partial charge in [-0.1, -0.05) is 0 Å². The first-order valence-corrected chi connectivity index (χ1v) is 7.05. The minimum absolute atomic E-state index is 0.0375. The lowest BCUT2D eigenvalue weighted by Gasteiger charge is -2.23. The van der Waals surface area contributed by atoms with Crippen LogP contribution >= 0.6 is 0 Å². The number of alkyl halides is 3. The quantitative estimate of drug-likeness (QED) is 0.667. The van der Waals surface area contributed by atoms with Crippen LogP contribution in [0.5, 0.6) is 0 Å². The molecule has 1 aromatic carbocycles. The van der Waals surface area contributed by atoms with Crippen molar-refractivity contribution in [1.82, 2.24) is 0 Å². The zero-order valence-corrected chi connectivity index (χ0v) is 12.3. The van der Waals surface area contributed by atoms with Gasteiger partial charge in [-0.15, -0.1) is 0 Å². The van der Waals surface area contributed by atoms with Crippen molar-refractivity contribution in [2.75, 3.05) is 6.54 Å². The molecule has 0 aliphatic heterocycles. The Balaban J connectivity index is 2.37. The maximum atomic E-state index is 13.9. The molecule has 2 rings (SSSR count). The van der Waals surface area contributed by atoms with E-state index in [9.17, 15) is 27.5 Å². The van der Waals surface area contributed by atoms with E-state index in [1.807, 2.05) is 0 Å². The van der Waals surface area contributed by atoms with Gasteiger partial charge in [-0.05, 0) is 30.7 Å². The van der Waals surface area contributed by atoms with E-state index in [1.54, 1.807) is 6.92 Å². The average molecular weight is 329 g/mol. The second kappa shape index (κ2) is 6.52. The summed E-state index contributed by atoms with van der Waals surface area (Å²) >= 11 is 0. The first kappa shape index (κ1) is 17.2. The predicted octanol–water partition coefficient (Wildman–Crippen LogP) is 4.19. The number of allylic oxidation sites excluding steroid dienone is 2. The molecule has 1 unspecified atom stereocenters. The van der Waals surface area contributed by atoms with Gasteiger partial charge < -0.3 is 5.11 Å².